The Balaban J connectivity index is 1.76. The molecule has 0 amide bonds. The highest BCUT2D eigenvalue weighted by Crippen LogP contribution is 2.35. The van der Waals surface area contributed by atoms with E-state index in [4.69, 9.17) is 14.2 Å². The summed E-state index contributed by atoms with van der Waals surface area (Å²) in [6.45, 7) is -0.0596. The first kappa shape index (κ1) is 17.2. The maximum absolute atomic E-state index is 12.1. The second kappa shape index (κ2) is 7.53. The number of carbonyl (C=O) groups excluding carboxylic acids is 2. The first-order chi connectivity index (χ1) is 12.1. The standard InChI is InChI=1S/C19H15BrO5/c1-23-14-9-7-12(8-10-14)16-15(25-19(22)17(16)20)11-24-18(21)13-5-3-2-4-6-13/h2-10,15H,11H2,1H3. The van der Waals surface area contributed by atoms with Gasteiger partial charge in [0.05, 0.1) is 12.7 Å². The fraction of sp³-hybridized carbons (Fsp3) is 0.158. The van der Waals surface area contributed by atoms with E-state index >= 15 is 0 Å². The zero-order chi connectivity index (χ0) is 17.8. The van der Waals surface area contributed by atoms with Gasteiger partial charge < -0.3 is 14.2 Å². The Morgan fingerprint density at radius 3 is 2.44 bits per heavy atom. The minimum absolute atomic E-state index is 0.0596. The molecule has 0 aromatic heterocycles. The van der Waals surface area contributed by atoms with E-state index in [1.807, 2.05) is 18.2 Å². The van der Waals surface area contributed by atoms with E-state index in [1.54, 1.807) is 43.5 Å². The van der Waals surface area contributed by atoms with Gasteiger partial charge in [-0.1, -0.05) is 30.3 Å². The van der Waals surface area contributed by atoms with Crippen LogP contribution in [0.5, 0.6) is 5.75 Å². The Kier molecular flexibility index (Phi) is 5.19. The molecule has 2 aromatic carbocycles. The van der Waals surface area contributed by atoms with E-state index in [0.29, 0.717) is 21.4 Å². The SMILES string of the molecule is COc1ccc(C2=C(Br)C(=O)OC2COC(=O)c2ccccc2)cc1. The molecule has 1 aliphatic heterocycles. The average molecular weight is 403 g/mol. The van der Waals surface area contributed by atoms with Crippen LogP contribution in [0, 0.1) is 0 Å². The van der Waals surface area contributed by atoms with E-state index in [1.165, 1.54) is 0 Å². The van der Waals surface area contributed by atoms with Crippen molar-refractivity contribution in [2.24, 2.45) is 0 Å². The summed E-state index contributed by atoms with van der Waals surface area (Å²) in [6.07, 6.45) is -0.664. The van der Waals surface area contributed by atoms with Gasteiger partial charge in [-0.15, -0.1) is 0 Å². The van der Waals surface area contributed by atoms with Crippen LogP contribution in [0.25, 0.3) is 5.57 Å². The van der Waals surface area contributed by atoms with Crippen molar-refractivity contribution in [2.45, 2.75) is 6.10 Å². The summed E-state index contributed by atoms with van der Waals surface area (Å²) in [6, 6.07) is 15.9. The van der Waals surface area contributed by atoms with E-state index in [2.05, 4.69) is 15.9 Å². The average Bonchev–Trinajstić information content (AvgIpc) is 2.94. The van der Waals surface area contributed by atoms with Crippen molar-refractivity contribution in [1.82, 2.24) is 0 Å². The van der Waals surface area contributed by atoms with Crippen molar-refractivity contribution in [1.29, 1.82) is 0 Å². The van der Waals surface area contributed by atoms with E-state index in [0.717, 1.165) is 5.56 Å². The summed E-state index contributed by atoms with van der Waals surface area (Å²) >= 11 is 3.27. The minimum Gasteiger partial charge on any atom is -0.497 e. The van der Waals surface area contributed by atoms with Crippen molar-refractivity contribution >= 4 is 33.4 Å². The van der Waals surface area contributed by atoms with E-state index < -0.39 is 18.0 Å². The van der Waals surface area contributed by atoms with Gasteiger partial charge >= 0.3 is 11.9 Å². The molecular formula is C19H15BrO5. The number of esters is 2. The smallest absolute Gasteiger partial charge is 0.346 e. The zero-order valence-electron chi connectivity index (χ0n) is 13.4. The number of cyclic esters (lactones) is 1. The lowest BCUT2D eigenvalue weighted by atomic mass is 10.0. The molecule has 3 rings (SSSR count). The number of hydrogen-bond acceptors (Lipinski definition) is 5. The van der Waals surface area contributed by atoms with Crippen LogP contribution in [-0.4, -0.2) is 31.8 Å². The third kappa shape index (κ3) is 3.74. The molecule has 0 fully saturated rings. The predicted molar refractivity (Wildman–Crippen MR) is 95.4 cm³/mol. The topological polar surface area (TPSA) is 61.8 Å². The molecule has 1 atom stereocenters. The highest BCUT2D eigenvalue weighted by molar-refractivity contribution is 9.12. The number of rotatable bonds is 5. The minimum atomic E-state index is -0.664. The number of benzene rings is 2. The quantitative estimate of drug-likeness (QED) is 0.715. The second-order valence-corrected chi connectivity index (χ2v) is 6.11. The van der Waals surface area contributed by atoms with Gasteiger partial charge in [-0.05, 0) is 45.8 Å². The van der Waals surface area contributed by atoms with Crippen molar-refractivity contribution in [3.05, 3.63) is 70.2 Å². The Morgan fingerprint density at radius 1 is 1.12 bits per heavy atom. The van der Waals surface area contributed by atoms with Crippen LogP contribution in [0.3, 0.4) is 0 Å². The van der Waals surface area contributed by atoms with Crippen LogP contribution < -0.4 is 4.74 Å². The van der Waals surface area contributed by atoms with Gasteiger partial charge in [-0.2, -0.15) is 0 Å². The van der Waals surface area contributed by atoms with Crippen LogP contribution in [0.4, 0.5) is 0 Å². The predicted octanol–water partition coefficient (Wildman–Crippen LogP) is 3.58. The van der Waals surface area contributed by atoms with Gasteiger partial charge in [-0.3, -0.25) is 0 Å². The Bertz CT molecular complexity index is 811. The normalized spacial score (nSPS) is 16.6. The molecule has 128 valence electrons. The molecular weight excluding hydrogens is 388 g/mol. The number of methoxy groups -OCH3 is 1. The van der Waals surface area contributed by atoms with Gasteiger partial charge in [0.25, 0.3) is 0 Å². The molecule has 0 bridgehead atoms. The highest BCUT2D eigenvalue weighted by atomic mass is 79.9. The molecule has 25 heavy (non-hydrogen) atoms. The van der Waals surface area contributed by atoms with Crippen LogP contribution in [0.15, 0.2) is 59.1 Å². The van der Waals surface area contributed by atoms with Gasteiger partial charge in [0.1, 0.15) is 16.8 Å². The molecule has 6 heteroatoms. The molecule has 5 nitrogen and oxygen atoms in total. The molecule has 2 aromatic rings. The number of hydrogen-bond donors (Lipinski definition) is 0. The van der Waals surface area contributed by atoms with Gasteiger partial charge in [0, 0.05) is 5.57 Å². The number of carbonyl (C=O) groups is 2. The molecule has 0 saturated heterocycles. The van der Waals surface area contributed by atoms with Crippen LogP contribution in [0.1, 0.15) is 15.9 Å². The second-order valence-electron chi connectivity index (χ2n) is 5.31. The maximum atomic E-state index is 12.1. The third-order valence-corrected chi connectivity index (χ3v) is 4.51. The van der Waals surface area contributed by atoms with Crippen molar-refractivity contribution in [2.75, 3.05) is 13.7 Å². The third-order valence-electron chi connectivity index (χ3n) is 3.76. The van der Waals surface area contributed by atoms with Gasteiger partial charge in [0.2, 0.25) is 0 Å². The lowest BCUT2D eigenvalue weighted by Gasteiger charge is -2.15. The van der Waals surface area contributed by atoms with Gasteiger partial charge in [0.15, 0.2) is 6.10 Å². The van der Waals surface area contributed by atoms with Crippen LogP contribution in [0.2, 0.25) is 0 Å². The van der Waals surface area contributed by atoms with Crippen LogP contribution in [-0.2, 0) is 14.3 Å². The molecule has 1 aliphatic rings. The van der Waals surface area contributed by atoms with Crippen LogP contribution >= 0.6 is 15.9 Å². The summed E-state index contributed by atoms with van der Waals surface area (Å²) in [4.78, 5) is 24.0. The van der Waals surface area contributed by atoms with Crippen molar-refractivity contribution in [3.8, 4) is 5.75 Å². The summed E-state index contributed by atoms with van der Waals surface area (Å²) in [5.74, 6) is -0.238. The first-order valence-electron chi connectivity index (χ1n) is 7.57. The number of ether oxygens (including phenoxy) is 3. The number of halogens is 1. The first-order valence-corrected chi connectivity index (χ1v) is 8.36. The lowest BCUT2D eigenvalue weighted by molar-refractivity contribution is -0.140. The highest BCUT2D eigenvalue weighted by Gasteiger charge is 2.34. The molecule has 0 aliphatic carbocycles. The summed E-state index contributed by atoms with van der Waals surface area (Å²) < 4.78 is 16.1. The molecule has 0 radical (unpaired) electrons. The van der Waals surface area contributed by atoms with Crippen molar-refractivity contribution in [3.63, 3.8) is 0 Å². The Hall–Kier alpha value is -2.60. The van der Waals surface area contributed by atoms with E-state index in [9.17, 15) is 9.59 Å². The molecule has 0 N–H and O–H groups in total. The van der Waals surface area contributed by atoms with E-state index in [-0.39, 0.29) is 6.61 Å². The summed E-state index contributed by atoms with van der Waals surface area (Å²) in [5.41, 5.74) is 1.88. The fourth-order valence-electron chi connectivity index (χ4n) is 2.50. The molecule has 1 heterocycles. The Morgan fingerprint density at radius 2 is 1.80 bits per heavy atom. The lowest BCUT2D eigenvalue weighted by Crippen LogP contribution is -2.21. The van der Waals surface area contributed by atoms with Crippen molar-refractivity contribution < 1.29 is 23.8 Å². The maximum Gasteiger partial charge on any atom is 0.346 e. The molecule has 1 unspecified atom stereocenters. The van der Waals surface area contributed by atoms with Gasteiger partial charge in [-0.25, -0.2) is 9.59 Å². The monoisotopic (exact) mass is 402 g/mol. The fourth-order valence-corrected chi connectivity index (χ4v) is 3.08. The Labute approximate surface area is 153 Å². The summed E-state index contributed by atoms with van der Waals surface area (Å²) in [5, 5.41) is 0. The molecule has 0 saturated carbocycles. The molecule has 0 spiro atoms. The largest absolute Gasteiger partial charge is 0.497 e. The zero-order valence-corrected chi connectivity index (χ0v) is 15.0. The summed E-state index contributed by atoms with van der Waals surface area (Å²) in [7, 11) is 1.58.